The molecular formula is C31H45N3O7Si. The topological polar surface area (TPSA) is 113 Å². The molecule has 0 aromatic heterocycles. The van der Waals surface area contributed by atoms with Crippen molar-refractivity contribution in [1.82, 2.24) is 0 Å². The van der Waals surface area contributed by atoms with E-state index >= 15 is 0 Å². The molecular weight excluding hydrogens is 554 g/mol. The third kappa shape index (κ3) is 8.19. The summed E-state index contributed by atoms with van der Waals surface area (Å²) in [7, 11) is -2.72. The van der Waals surface area contributed by atoms with Crippen LogP contribution in [0.15, 0.2) is 65.8 Å². The predicted molar refractivity (Wildman–Crippen MR) is 162 cm³/mol. The molecule has 42 heavy (non-hydrogen) atoms. The summed E-state index contributed by atoms with van der Waals surface area (Å²) in [4.78, 5) is 2.70. The fourth-order valence-corrected chi connectivity index (χ4v) is 10.4. The van der Waals surface area contributed by atoms with Crippen molar-refractivity contribution in [3.8, 4) is 0 Å². The van der Waals surface area contributed by atoms with Crippen LogP contribution in [-0.4, -0.2) is 84.9 Å². The lowest BCUT2D eigenvalue weighted by Gasteiger charge is -2.44. The van der Waals surface area contributed by atoms with Crippen LogP contribution in [0, 0.1) is 0 Å². The van der Waals surface area contributed by atoms with Crippen LogP contribution in [-0.2, 0) is 32.8 Å². The first-order chi connectivity index (χ1) is 20.2. The largest absolute Gasteiger partial charge is 0.405 e. The van der Waals surface area contributed by atoms with Crippen molar-refractivity contribution in [2.24, 2.45) is 5.11 Å². The molecule has 0 unspecified atom stereocenters. The maximum Gasteiger partial charge on any atom is 0.261 e. The smallest absolute Gasteiger partial charge is 0.261 e. The molecule has 4 rings (SSSR count). The second-order valence-electron chi connectivity index (χ2n) is 12.0. The molecule has 0 bridgehead atoms. The third-order valence-corrected chi connectivity index (χ3v) is 12.5. The van der Waals surface area contributed by atoms with Crippen LogP contribution in [0.4, 0.5) is 0 Å². The van der Waals surface area contributed by atoms with Crippen LogP contribution < -0.4 is 10.4 Å². The lowest BCUT2D eigenvalue weighted by Crippen LogP contribution is -2.67. The van der Waals surface area contributed by atoms with Crippen molar-refractivity contribution in [1.29, 1.82) is 0 Å². The average Bonchev–Trinajstić information content (AvgIpc) is 3.28. The van der Waals surface area contributed by atoms with E-state index in [-0.39, 0.29) is 23.4 Å². The van der Waals surface area contributed by atoms with E-state index in [1.165, 1.54) is 10.4 Å². The Labute approximate surface area is 250 Å². The number of fused-ring (bicyclic) bond motifs is 1. The Morgan fingerprint density at radius 2 is 1.50 bits per heavy atom. The monoisotopic (exact) mass is 599 g/mol. The van der Waals surface area contributed by atoms with Gasteiger partial charge in [-0.3, -0.25) is 0 Å². The third-order valence-electron chi connectivity index (χ3n) is 7.49. The Morgan fingerprint density at radius 3 is 2.10 bits per heavy atom. The molecule has 0 aliphatic carbocycles. The van der Waals surface area contributed by atoms with E-state index < -0.39 is 20.4 Å². The van der Waals surface area contributed by atoms with E-state index in [0.717, 1.165) is 0 Å². The Kier molecular flexibility index (Phi) is 11.6. The van der Waals surface area contributed by atoms with Crippen LogP contribution in [0.2, 0.25) is 5.04 Å². The van der Waals surface area contributed by atoms with Crippen LogP contribution in [0.5, 0.6) is 0 Å². The predicted octanol–water partition coefficient (Wildman–Crippen LogP) is 4.56. The highest BCUT2D eigenvalue weighted by Crippen LogP contribution is 2.40. The molecule has 0 radical (unpaired) electrons. The standard InChI is InChI=1S/C31H45N3O7Si/c1-30(2,3)42(25-12-8-6-9-13-25,26-14-10-7-11-15-26)38-23-24-22-27-28(41-31(4,5)40-27)29(39-24)37-21-20-36-19-18-35-17-16-33-34-32/h6-15,24,27-29H,16-23H2,1-5H3/t24-,27-,28-,29-/m0/s1. The molecule has 2 aromatic rings. The molecule has 4 atom stereocenters. The summed E-state index contributed by atoms with van der Waals surface area (Å²) in [5.74, 6) is -0.725. The van der Waals surface area contributed by atoms with Gasteiger partial charge in [0.05, 0.1) is 51.8 Å². The summed E-state index contributed by atoms with van der Waals surface area (Å²) in [6.45, 7) is 13.3. The Hall–Kier alpha value is -2.31. The number of benzene rings is 2. The van der Waals surface area contributed by atoms with Gasteiger partial charge in [0.15, 0.2) is 12.1 Å². The summed E-state index contributed by atoms with van der Waals surface area (Å²) in [6, 6.07) is 21.2. The second kappa shape index (κ2) is 14.9. The van der Waals surface area contributed by atoms with E-state index in [4.69, 9.17) is 38.4 Å². The van der Waals surface area contributed by atoms with E-state index in [1.807, 2.05) is 26.0 Å². The average molecular weight is 600 g/mol. The minimum atomic E-state index is -2.72. The van der Waals surface area contributed by atoms with Gasteiger partial charge in [-0.15, -0.1) is 0 Å². The van der Waals surface area contributed by atoms with Crippen LogP contribution in [0.25, 0.3) is 10.4 Å². The van der Waals surface area contributed by atoms with Gasteiger partial charge in [-0.1, -0.05) is 86.5 Å². The van der Waals surface area contributed by atoms with Gasteiger partial charge in [-0.25, -0.2) is 0 Å². The number of ether oxygens (including phenoxy) is 6. The van der Waals surface area contributed by atoms with Gasteiger partial charge in [0, 0.05) is 17.9 Å². The maximum atomic E-state index is 8.30. The van der Waals surface area contributed by atoms with Gasteiger partial charge in [-0.2, -0.15) is 0 Å². The number of hydrogen-bond donors (Lipinski definition) is 0. The number of rotatable bonds is 15. The van der Waals surface area contributed by atoms with Gasteiger partial charge in [0.25, 0.3) is 8.32 Å². The molecule has 10 nitrogen and oxygen atoms in total. The van der Waals surface area contributed by atoms with Crippen LogP contribution in [0.3, 0.4) is 0 Å². The first-order valence-corrected chi connectivity index (χ1v) is 16.6. The van der Waals surface area contributed by atoms with Crippen molar-refractivity contribution in [3.05, 3.63) is 71.1 Å². The van der Waals surface area contributed by atoms with E-state index in [0.29, 0.717) is 52.6 Å². The van der Waals surface area contributed by atoms with Crippen molar-refractivity contribution in [2.75, 3.05) is 46.2 Å². The lowest BCUT2D eigenvalue weighted by molar-refractivity contribution is -0.257. The zero-order valence-electron chi connectivity index (χ0n) is 25.4. The van der Waals surface area contributed by atoms with Crippen molar-refractivity contribution in [3.63, 3.8) is 0 Å². The van der Waals surface area contributed by atoms with E-state index in [2.05, 4.69) is 79.3 Å². The quantitative estimate of drug-likeness (QED) is 0.0970. The highest BCUT2D eigenvalue weighted by Gasteiger charge is 2.53. The first-order valence-electron chi connectivity index (χ1n) is 14.7. The lowest BCUT2D eigenvalue weighted by atomic mass is 10.0. The van der Waals surface area contributed by atoms with Gasteiger partial charge in [-0.05, 0) is 34.8 Å². The molecule has 0 N–H and O–H groups in total. The van der Waals surface area contributed by atoms with Gasteiger partial charge in [0.1, 0.15) is 6.10 Å². The zero-order chi connectivity index (χ0) is 30.1. The number of hydrogen-bond acceptors (Lipinski definition) is 8. The number of nitrogens with zero attached hydrogens (tertiary/aromatic N) is 3. The zero-order valence-corrected chi connectivity index (χ0v) is 26.4. The summed E-state index contributed by atoms with van der Waals surface area (Å²) in [5, 5.41) is 5.75. The highest BCUT2D eigenvalue weighted by molar-refractivity contribution is 6.99. The minimum absolute atomic E-state index is 0.137. The molecule has 2 aliphatic heterocycles. The fourth-order valence-electron chi connectivity index (χ4n) is 5.77. The summed E-state index contributed by atoms with van der Waals surface area (Å²) in [6.07, 6.45) is -0.705. The molecule has 2 aromatic carbocycles. The van der Waals surface area contributed by atoms with Gasteiger partial charge < -0.3 is 32.8 Å². The molecule has 0 amide bonds. The molecule has 0 saturated carbocycles. The Balaban J connectivity index is 1.42. The van der Waals surface area contributed by atoms with E-state index in [1.54, 1.807) is 0 Å². The Morgan fingerprint density at radius 1 is 0.905 bits per heavy atom. The van der Waals surface area contributed by atoms with Crippen molar-refractivity contribution >= 4 is 18.7 Å². The summed E-state index contributed by atoms with van der Waals surface area (Å²) < 4.78 is 43.3. The fraction of sp³-hybridized carbons (Fsp3) is 0.613. The Bertz CT molecular complexity index is 1100. The highest BCUT2D eigenvalue weighted by atomic mass is 28.4. The SMILES string of the molecule is CC1(C)O[C@@H]2[C@@H](OCCOCCOCCN=[N+]=[N-])O[C@H](CO[Si](c3ccccc3)(c3ccccc3)C(C)(C)C)C[C@@H]2O1. The normalized spacial score (nSPS) is 23.7. The number of azide groups is 1. The van der Waals surface area contributed by atoms with Crippen LogP contribution >= 0.6 is 0 Å². The molecule has 0 spiro atoms. The van der Waals surface area contributed by atoms with Crippen molar-refractivity contribution in [2.45, 2.75) is 76.5 Å². The molecule has 230 valence electrons. The van der Waals surface area contributed by atoms with E-state index in [9.17, 15) is 0 Å². The van der Waals surface area contributed by atoms with Crippen molar-refractivity contribution < 1.29 is 32.8 Å². The minimum Gasteiger partial charge on any atom is -0.405 e. The molecule has 2 saturated heterocycles. The first kappa shape index (κ1) is 32.6. The summed E-state index contributed by atoms with van der Waals surface area (Å²) >= 11 is 0. The molecule has 2 heterocycles. The van der Waals surface area contributed by atoms with Gasteiger partial charge >= 0.3 is 0 Å². The second-order valence-corrected chi connectivity index (χ2v) is 16.3. The van der Waals surface area contributed by atoms with Crippen LogP contribution in [0.1, 0.15) is 41.0 Å². The molecule has 11 heteroatoms. The maximum absolute atomic E-state index is 8.30. The summed E-state index contributed by atoms with van der Waals surface area (Å²) in [5.41, 5.74) is 8.30. The van der Waals surface area contributed by atoms with Gasteiger partial charge in [0.2, 0.25) is 0 Å². The molecule has 2 aliphatic rings. The molecule has 2 fully saturated rings.